The fourth-order valence-electron chi connectivity index (χ4n) is 4.87. The topological polar surface area (TPSA) is 81.7 Å². The summed E-state index contributed by atoms with van der Waals surface area (Å²) in [6.07, 6.45) is 5.03. The molecule has 1 aliphatic rings. The van der Waals surface area contributed by atoms with Crippen LogP contribution in [0.25, 0.3) is 10.4 Å². The number of para-hydroxylation sites is 1. The highest BCUT2D eigenvalue weighted by Crippen LogP contribution is 2.41. The summed E-state index contributed by atoms with van der Waals surface area (Å²) in [5, 5.41) is 15.5. The summed E-state index contributed by atoms with van der Waals surface area (Å²) < 4.78 is 14.2. The van der Waals surface area contributed by atoms with Gasteiger partial charge in [0.2, 0.25) is 0 Å². The molecule has 2 amide bonds. The second kappa shape index (κ2) is 11.6. The number of amides is 2. The van der Waals surface area contributed by atoms with Crippen molar-refractivity contribution in [3.05, 3.63) is 65.3 Å². The number of carboxylic acid groups (broad SMARTS) is 1. The largest absolute Gasteiger partial charge is 0.478 e. The van der Waals surface area contributed by atoms with Crippen molar-refractivity contribution < 1.29 is 19.1 Å². The van der Waals surface area contributed by atoms with E-state index in [1.165, 1.54) is 29.5 Å². The van der Waals surface area contributed by atoms with Gasteiger partial charge in [-0.1, -0.05) is 51.3 Å². The lowest BCUT2D eigenvalue weighted by atomic mass is 9.54. The van der Waals surface area contributed by atoms with E-state index in [9.17, 15) is 19.1 Å². The lowest BCUT2D eigenvalue weighted by molar-refractivity contribution is 0.0698. The Morgan fingerprint density at radius 2 is 1.74 bits per heavy atom. The summed E-state index contributed by atoms with van der Waals surface area (Å²) >= 11 is 1.29. The Kier molecular flexibility index (Phi) is 8.51. The Hall–Kier alpha value is -3.26. The van der Waals surface area contributed by atoms with Gasteiger partial charge in [0.05, 0.1) is 38.3 Å². The predicted octanol–water partition coefficient (Wildman–Crippen LogP) is 6.68. The minimum Gasteiger partial charge on any atom is -0.478 e. The van der Waals surface area contributed by atoms with Crippen molar-refractivity contribution in [3.63, 3.8) is 0 Å². The molecule has 194 valence electrons. The molecule has 0 spiro atoms. The van der Waals surface area contributed by atoms with Crippen molar-refractivity contribution in [2.24, 2.45) is 5.92 Å². The molecule has 4 radical (unpaired) electrons. The number of carboxylic acids is 1. The molecule has 4 rings (SSSR count). The van der Waals surface area contributed by atoms with E-state index in [1.807, 2.05) is 30.9 Å². The fraction of sp³-hybridized carbons (Fsp3) is 0.357. The molecule has 0 saturated heterocycles. The van der Waals surface area contributed by atoms with Crippen molar-refractivity contribution in [1.29, 1.82) is 0 Å². The summed E-state index contributed by atoms with van der Waals surface area (Å²) in [6, 6.07) is 12.2. The van der Waals surface area contributed by atoms with E-state index in [0.717, 1.165) is 32.1 Å². The molecule has 38 heavy (non-hydrogen) atoms. The molecular weight excluding hydrogens is 499 g/mol. The van der Waals surface area contributed by atoms with Gasteiger partial charge in [-0.25, -0.2) is 14.0 Å². The molecule has 6 nitrogen and oxygen atoms in total. The molecule has 3 aromatic rings. The number of thiophene rings is 1. The summed E-state index contributed by atoms with van der Waals surface area (Å²) in [5.74, 6) is -1.73. The van der Waals surface area contributed by atoms with Gasteiger partial charge >= 0.3 is 12.0 Å². The smallest absolute Gasteiger partial charge is 0.337 e. The van der Waals surface area contributed by atoms with Gasteiger partial charge in [-0.3, -0.25) is 0 Å². The molecule has 1 saturated carbocycles. The number of hydrogen-bond donors (Lipinski definition) is 3. The lowest BCUT2D eigenvalue weighted by Crippen LogP contribution is -2.59. The van der Waals surface area contributed by atoms with E-state index < -0.39 is 23.2 Å². The number of carbonyl (C=O) groups excluding carboxylic acids is 1. The average Bonchev–Trinajstić information content (AvgIpc) is 3.37. The third-order valence-electron chi connectivity index (χ3n) is 7.07. The fourth-order valence-corrected chi connectivity index (χ4v) is 5.75. The van der Waals surface area contributed by atoms with Crippen molar-refractivity contribution >= 4 is 56.1 Å². The molecule has 3 N–H and O–H groups in total. The third-order valence-corrected chi connectivity index (χ3v) is 8.03. The number of carbonyl (C=O) groups is 2. The maximum atomic E-state index is 14.2. The molecule has 1 aliphatic carbocycles. The van der Waals surface area contributed by atoms with Crippen LogP contribution in [-0.4, -0.2) is 44.2 Å². The number of benzene rings is 2. The van der Waals surface area contributed by atoms with E-state index in [-0.39, 0.29) is 23.2 Å². The van der Waals surface area contributed by atoms with Gasteiger partial charge in [-0.2, -0.15) is 0 Å². The van der Waals surface area contributed by atoms with Gasteiger partial charge in [-0.05, 0) is 65.4 Å². The molecule has 1 aromatic heterocycles. The van der Waals surface area contributed by atoms with E-state index >= 15 is 0 Å². The van der Waals surface area contributed by atoms with Gasteiger partial charge < -0.3 is 20.6 Å². The van der Waals surface area contributed by atoms with Crippen LogP contribution in [0.15, 0.2) is 53.9 Å². The van der Waals surface area contributed by atoms with Crippen LogP contribution >= 0.6 is 11.3 Å². The Labute approximate surface area is 229 Å². The standard InChI is InChI=1S/C28H30B2FN3O3S/c1-17(2)28(29,30)34(19-8-4-3-5-9-19)24-13-12-18(25-20(26(35)36)14-15-38-25)16-23(24)33-27(37)32-22-11-7-6-10-21(22)31/h6-7,10-17,19H,3-5,8-9H2,1-2H3,(H,35,36)(H2,32,33,37). The zero-order chi connectivity index (χ0) is 27.4. The normalized spacial score (nSPS) is 14.3. The SMILES string of the molecule is [B]C([B])(C(C)C)N(c1ccc(-c2sccc2C(=O)O)cc1NC(=O)Nc1ccccc1F)C1CCCCC1. The number of rotatable bonds is 8. The van der Waals surface area contributed by atoms with Crippen LogP contribution in [0.3, 0.4) is 0 Å². The lowest BCUT2D eigenvalue weighted by Gasteiger charge is -2.51. The van der Waals surface area contributed by atoms with E-state index in [1.54, 1.807) is 23.6 Å². The monoisotopic (exact) mass is 529 g/mol. The number of nitrogens with zero attached hydrogens (tertiary/aromatic N) is 1. The van der Waals surface area contributed by atoms with Crippen LogP contribution in [0.1, 0.15) is 56.3 Å². The van der Waals surface area contributed by atoms with Crippen molar-refractivity contribution in [3.8, 4) is 10.4 Å². The van der Waals surface area contributed by atoms with Crippen LogP contribution in [0.4, 0.5) is 26.2 Å². The molecule has 2 aromatic carbocycles. The minimum absolute atomic E-state index is 0.0347. The van der Waals surface area contributed by atoms with Gasteiger partial charge in [0.15, 0.2) is 0 Å². The van der Waals surface area contributed by atoms with Crippen molar-refractivity contribution in [2.75, 3.05) is 15.5 Å². The van der Waals surface area contributed by atoms with Gasteiger partial charge in [0, 0.05) is 10.9 Å². The summed E-state index contributed by atoms with van der Waals surface area (Å²) in [4.78, 5) is 27.4. The van der Waals surface area contributed by atoms with E-state index in [2.05, 4.69) is 10.6 Å². The quantitative estimate of drug-likeness (QED) is 0.285. The highest BCUT2D eigenvalue weighted by molar-refractivity contribution is 7.14. The van der Waals surface area contributed by atoms with Gasteiger partial charge in [0.1, 0.15) is 5.82 Å². The maximum absolute atomic E-state index is 14.2. The summed E-state index contributed by atoms with van der Waals surface area (Å²) in [6.45, 7) is 3.90. The van der Waals surface area contributed by atoms with E-state index in [0.29, 0.717) is 21.8 Å². The zero-order valence-electron chi connectivity index (χ0n) is 21.5. The maximum Gasteiger partial charge on any atom is 0.337 e. The average molecular weight is 529 g/mol. The number of hydrogen-bond acceptors (Lipinski definition) is 4. The molecule has 1 fully saturated rings. The molecule has 0 bridgehead atoms. The first kappa shape index (κ1) is 27.8. The zero-order valence-corrected chi connectivity index (χ0v) is 22.4. The Balaban J connectivity index is 1.81. The van der Waals surface area contributed by atoms with Gasteiger partial charge in [0.25, 0.3) is 0 Å². The molecule has 0 aliphatic heterocycles. The molecule has 0 unspecified atom stereocenters. The second-order valence-corrected chi connectivity index (χ2v) is 10.9. The van der Waals surface area contributed by atoms with Crippen LogP contribution in [-0.2, 0) is 0 Å². The number of nitrogens with one attached hydrogen (secondary N) is 2. The van der Waals surface area contributed by atoms with Gasteiger partial charge in [-0.15, -0.1) is 11.3 Å². The first-order valence-corrected chi connectivity index (χ1v) is 13.6. The third kappa shape index (κ3) is 5.90. The molecule has 1 heterocycles. The first-order chi connectivity index (χ1) is 18.1. The highest BCUT2D eigenvalue weighted by Gasteiger charge is 2.36. The Morgan fingerprint density at radius 1 is 1.05 bits per heavy atom. The van der Waals surface area contributed by atoms with Crippen molar-refractivity contribution in [1.82, 2.24) is 0 Å². The van der Waals surface area contributed by atoms with Crippen LogP contribution in [0.2, 0.25) is 0 Å². The highest BCUT2D eigenvalue weighted by atomic mass is 32.1. The minimum atomic E-state index is -1.23. The van der Waals surface area contributed by atoms with Crippen molar-refractivity contribution in [2.45, 2.75) is 57.3 Å². The number of urea groups is 1. The summed E-state index contributed by atoms with van der Waals surface area (Å²) in [7, 11) is 13.5. The second-order valence-electron chi connectivity index (χ2n) is 9.96. The van der Waals surface area contributed by atoms with Crippen LogP contribution in [0.5, 0.6) is 0 Å². The summed E-state index contributed by atoms with van der Waals surface area (Å²) in [5.41, 5.74) is 1.84. The molecule has 0 atom stereocenters. The Bertz CT molecular complexity index is 1310. The number of halogens is 1. The first-order valence-electron chi connectivity index (χ1n) is 12.7. The number of anilines is 3. The molecular formula is C28H30B2FN3O3S. The van der Waals surface area contributed by atoms with E-state index in [4.69, 9.17) is 15.7 Å². The Morgan fingerprint density at radius 3 is 2.39 bits per heavy atom. The predicted molar refractivity (Wildman–Crippen MR) is 154 cm³/mol. The molecule has 10 heteroatoms. The van der Waals surface area contributed by atoms with Crippen LogP contribution in [0, 0.1) is 11.7 Å². The number of aromatic carboxylic acids is 1. The van der Waals surface area contributed by atoms with Crippen LogP contribution < -0.4 is 15.5 Å².